The zero-order valence-electron chi connectivity index (χ0n) is 22.4. The number of methoxy groups -OCH3 is 2. The summed E-state index contributed by atoms with van der Waals surface area (Å²) in [5.74, 6) is -2.34. The molecule has 11 nitrogen and oxygen atoms in total. The maximum absolute atomic E-state index is 13.9. The largest absolute Gasteiger partial charge is 0.467 e. The molecule has 0 bridgehead atoms. The lowest BCUT2D eigenvalue weighted by molar-refractivity contribution is -0.149. The minimum Gasteiger partial charge on any atom is -0.467 e. The number of thiophene rings is 1. The fraction of sp³-hybridized carbons (Fsp3) is 0.400. The van der Waals surface area contributed by atoms with E-state index in [1.165, 1.54) is 31.6 Å². The molecule has 2 amide bonds. The number of nitrogens with one attached hydrogen (secondary N) is 2. The molecule has 0 fully saturated rings. The molecule has 0 radical (unpaired) electrons. The molecule has 0 saturated carbocycles. The first-order valence-electron chi connectivity index (χ1n) is 12.0. The standard InChI is InChI=1S/C25H27ClF3N5O6S/c1-24(2,22(37)40-4)31-18(35)12-14-6-5-7-15(25(27,28)29)20(14)30-19(36)13-34-23(38)33(10-11-39-3)21(32-34)16-8-9-17(26)41-16/h5-9H,10-13H2,1-4H3,(H,30,36)(H,31,35). The number of para-hydroxylation sites is 1. The number of anilines is 1. The van der Waals surface area contributed by atoms with E-state index < -0.39 is 59.4 Å². The van der Waals surface area contributed by atoms with Gasteiger partial charge in [-0.1, -0.05) is 23.7 Å². The van der Waals surface area contributed by atoms with E-state index in [1.807, 2.05) is 0 Å². The second-order valence-corrected chi connectivity index (χ2v) is 11.0. The lowest BCUT2D eigenvalue weighted by Gasteiger charge is -2.24. The summed E-state index contributed by atoms with van der Waals surface area (Å²) in [5, 5.41) is 8.80. The molecule has 16 heteroatoms. The topological polar surface area (TPSA) is 134 Å². The summed E-state index contributed by atoms with van der Waals surface area (Å²) in [6.07, 6.45) is -5.49. The number of rotatable bonds is 11. The molecule has 2 N–H and O–H groups in total. The number of benzene rings is 1. The molecule has 0 unspecified atom stereocenters. The van der Waals surface area contributed by atoms with Crippen molar-refractivity contribution in [3.8, 4) is 10.7 Å². The minimum absolute atomic E-state index is 0.0971. The summed E-state index contributed by atoms with van der Waals surface area (Å²) < 4.78 is 53.9. The van der Waals surface area contributed by atoms with Crippen molar-refractivity contribution in [1.29, 1.82) is 0 Å². The van der Waals surface area contributed by atoms with Gasteiger partial charge >= 0.3 is 17.8 Å². The summed E-state index contributed by atoms with van der Waals surface area (Å²) in [6.45, 7) is 2.26. The number of nitrogens with zero attached hydrogens (tertiary/aromatic N) is 3. The van der Waals surface area contributed by atoms with Crippen LogP contribution < -0.4 is 16.3 Å². The van der Waals surface area contributed by atoms with E-state index in [2.05, 4.69) is 20.5 Å². The molecule has 0 aliphatic rings. The van der Waals surface area contributed by atoms with Crippen LogP contribution >= 0.6 is 22.9 Å². The van der Waals surface area contributed by atoms with Crippen molar-refractivity contribution in [3.05, 3.63) is 56.3 Å². The molecule has 0 spiro atoms. The van der Waals surface area contributed by atoms with Crippen molar-refractivity contribution in [2.75, 3.05) is 26.1 Å². The number of carbonyl (C=O) groups is 3. The Bertz CT molecular complexity index is 1500. The van der Waals surface area contributed by atoms with Gasteiger partial charge in [-0.3, -0.25) is 14.2 Å². The normalized spacial score (nSPS) is 11.8. The average molecular weight is 618 g/mol. The third-order valence-corrected chi connectivity index (χ3v) is 6.98. The first-order chi connectivity index (χ1) is 19.2. The second-order valence-electron chi connectivity index (χ2n) is 9.24. The van der Waals surface area contributed by atoms with E-state index in [9.17, 15) is 32.3 Å². The molecule has 0 aliphatic heterocycles. The van der Waals surface area contributed by atoms with Gasteiger partial charge in [-0.15, -0.1) is 16.4 Å². The molecule has 0 aliphatic carbocycles. The number of hydrogen-bond donors (Lipinski definition) is 2. The lowest BCUT2D eigenvalue weighted by atomic mass is 10.0. The van der Waals surface area contributed by atoms with Gasteiger partial charge in [0.15, 0.2) is 5.82 Å². The summed E-state index contributed by atoms with van der Waals surface area (Å²) in [4.78, 5) is 51.1. The second kappa shape index (κ2) is 12.9. The third kappa shape index (κ3) is 7.74. The molecular weight excluding hydrogens is 591 g/mol. The highest BCUT2D eigenvalue weighted by Crippen LogP contribution is 2.37. The number of amides is 2. The summed E-state index contributed by atoms with van der Waals surface area (Å²) >= 11 is 7.16. The quantitative estimate of drug-likeness (QED) is 0.315. The maximum atomic E-state index is 13.9. The van der Waals surface area contributed by atoms with E-state index in [-0.39, 0.29) is 24.5 Å². The number of hydrogen-bond acceptors (Lipinski definition) is 8. The van der Waals surface area contributed by atoms with Gasteiger partial charge in [0.25, 0.3) is 0 Å². The van der Waals surface area contributed by atoms with Crippen LogP contribution in [0.4, 0.5) is 18.9 Å². The number of carbonyl (C=O) groups excluding carboxylic acids is 3. The molecule has 1 aromatic carbocycles. The van der Waals surface area contributed by atoms with Crippen molar-refractivity contribution in [2.45, 2.75) is 45.1 Å². The minimum atomic E-state index is -4.88. The predicted molar refractivity (Wildman–Crippen MR) is 145 cm³/mol. The lowest BCUT2D eigenvalue weighted by Crippen LogP contribution is -2.50. The molecule has 0 saturated heterocycles. The number of ether oxygens (including phenoxy) is 2. The fourth-order valence-corrected chi connectivity index (χ4v) is 4.90. The highest BCUT2D eigenvalue weighted by molar-refractivity contribution is 7.19. The van der Waals surface area contributed by atoms with Gasteiger partial charge in [-0.25, -0.2) is 14.3 Å². The van der Waals surface area contributed by atoms with E-state index in [1.54, 1.807) is 12.1 Å². The monoisotopic (exact) mass is 617 g/mol. The SMILES string of the molecule is COCCn1c(-c2ccc(Cl)s2)nn(CC(=O)Nc2c(CC(=O)NC(C)(C)C(=O)OC)cccc2C(F)(F)F)c1=O. The summed E-state index contributed by atoms with van der Waals surface area (Å²) in [6, 6.07) is 6.32. The molecule has 3 rings (SSSR count). The smallest absolute Gasteiger partial charge is 0.418 e. The highest BCUT2D eigenvalue weighted by atomic mass is 35.5. The van der Waals surface area contributed by atoms with E-state index >= 15 is 0 Å². The predicted octanol–water partition coefficient (Wildman–Crippen LogP) is 3.34. The van der Waals surface area contributed by atoms with Gasteiger partial charge < -0.3 is 20.1 Å². The van der Waals surface area contributed by atoms with Crippen molar-refractivity contribution in [3.63, 3.8) is 0 Å². The van der Waals surface area contributed by atoms with Crippen molar-refractivity contribution < 1.29 is 37.0 Å². The van der Waals surface area contributed by atoms with Gasteiger partial charge in [-0.2, -0.15) is 13.2 Å². The van der Waals surface area contributed by atoms with Crippen molar-refractivity contribution in [2.24, 2.45) is 0 Å². The fourth-order valence-electron chi connectivity index (χ4n) is 3.86. The van der Waals surface area contributed by atoms with Crippen LogP contribution in [0.2, 0.25) is 4.34 Å². The van der Waals surface area contributed by atoms with E-state index in [4.69, 9.17) is 16.3 Å². The van der Waals surface area contributed by atoms with Crippen molar-refractivity contribution >= 4 is 46.4 Å². The van der Waals surface area contributed by atoms with Gasteiger partial charge in [0, 0.05) is 7.11 Å². The van der Waals surface area contributed by atoms with Crippen LogP contribution in [0.25, 0.3) is 10.7 Å². The highest BCUT2D eigenvalue weighted by Gasteiger charge is 2.36. The van der Waals surface area contributed by atoms with E-state index in [0.29, 0.717) is 9.21 Å². The van der Waals surface area contributed by atoms with E-state index in [0.717, 1.165) is 35.3 Å². The molecule has 2 heterocycles. The maximum Gasteiger partial charge on any atom is 0.418 e. The third-order valence-electron chi connectivity index (χ3n) is 5.75. The first kappa shape index (κ1) is 31.8. The van der Waals surface area contributed by atoms with Crippen LogP contribution in [0.15, 0.2) is 35.1 Å². The van der Waals surface area contributed by atoms with Crippen LogP contribution in [-0.2, 0) is 49.5 Å². The first-order valence-corrected chi connectivity index (χ1v) is 13.2. The summed E-state index contributed by atoms with van der Waals surface area (Å²) in [5.41, 5.74) is -4.17. The Kier molecular flexibility index (Phi) is 9.99. The van der Waals surface area contributed by atoms with Crippen molar-refractivity contribution in [1.82, 2.24) is 19.7 Å². The Hall–Kier alpha value is -3.69. The Labute approximate surface area is 241 Å². The zero-order chi connectivity index (χ0) is 30.5. The molecule has 3 aromatic rings. The van der Waals surface area contributed by atoms with Gasteiger partial charge in [0.05, 0.1) is 47.1 Å². The zero-order valence-corrected chi connectivity index (χ0v) is 24.0. The molecule has 2 aromatic heterocycles. The summed E-state index contributed by atoms with van der Waals surface area (Å²) in [7, 11) is 2.57. The Balaban J connectivity index is 1.92. The number of halogens is 4. The van der Waals surface area contributed by atoms with Crippen LogP contribution in [-0.4, -0.2) is 58.5 Å². The number of aromatic nitrogens is 3. The molecule has 222 valence electrons. The molecule has 0 atom stereocenters. The van der Waals surface area contributed by atoms with Crippen LogP contribution in [0.5, 0.6) is 0 Å². The van der Waals surface area contributed by atoms with Crippen LogP contribution in [0.1, 0.15) is 25.0 Å². The van der Waals surface area contributed by atoms with Gasteiger partial charge in [0.2, 0.25) is 11.8 Å². The van der Waals surface area contributed by atoms with Crippen LogP contribution in [0.3, 0.4) is 0 Å². The van der Waals surface area contributed by atoms with Gasteiger partial charge in [0.1, 0.15) is 12.1 Å². The molecule has 41 heavy (non-hydrogen) atoms. The Morgan fingerprint density at radius 1 is 1.10 bits per heavy atom. The van der Waals surface area contributed by atoms with Gasteiger partial charge in [-0.05, 0) is 37.6 Å². The van der Waals surface area contributed by atoms with Crippen LogP contribution in [0, 0.1) is 0 Å². The number of esters is 1. The number of alkyl halides is 3. The molecular formula is C25H27ClF3N5O6S. The Morgan fingerprint density at radius 2 is 1.80 bits per heavy atom. The Morgan fingerprint density at radius 3 is 2.39 bits per heavy atom. The average Bonchev–Trinajstić information content (AvgIpc) is 3.44.